The van der Waals surface area contributed by atoms with Gasteiger partial charge in [0.25, 0.3) is 0 Å². The molecule has 2 saturated carbocycles. The summed E-state index contributed by atoms with van der Waals surface area (Å²) in [6, 6.07) is 6.89. The monoisotopic (exact) mass is 1260 g/mol. The van der Waals surface area contributed by atoms with E-state index in [9.17, 15) is 76.6 Å². The van der Waals surface area contributed by atoms with Crippen LogP contribution < -0.4 is 54.0 Å². The molecule has 2 fully saturated rings. The standard InChI is InChI=1S/C56H83N13O16P2/c1-3-4-11-26-59-49(74)44(30-46(57)71)63-54(79)56(24-9-6-10-25-56)66-52(77)43(29-38-16-20-40(21-17-38)35-87(83,84)85)62-48(73)33-69-32-41(67-68-69)13-12-27-60-50(75)45(31-47(58)72)64-53(78)55(22-7-5-8-23-55)65-51(76)42(61-36(2)70)28-37-14-18-39(19-15-37)34-86(80,81)82/h14-21,32,42-45H,3-13,22-31,33-35H2,1-2H3,(H2,57,71)(H2,58,72)(H,59,74)(H,60,75)(H,61,70)(H,62,73)(H,63,79)(H,64,78)(H,65,76)(H,66,77)(H2,80,81,82)(H2,83,84,85)/t42-,43-,44-,45-/m0/s1. The van der Waals surface area contributed by atoms with Gasteiger partial charge in [-0.2, -0.15) is 0 Å². The van der Waals surface area contributed by atoms with E-state index in [0.29, 0.717) is 66.6 Å². The average molecular weight is 1260 g/mol. The number of unbranched alkanes of at least 4 members (excludes halogenated alkanes) is 2. The smallest absolute Gasteiger partial charge is 0.329 e. The lowest BCUT2D eigenvalue weighted by Crippen LogP contribution is -2.65. The highest BCUT2D eigenvalue weighted by molar-refractivity contribution is 7.51. The molecule has 0 radical (unpaired) electrons. The Morgan fingerprint density at radius 2 is 0.977 bits per heavy atom. The second-order valence-electron chi connectivity index (χ2n) is 22.5. The summed E-state index contributed by atoms with van der Waals surface area (Å²) in [4.78, 5) is 172. The third-order valence-electron chi connectivity index (χ3n) is 15.0. The third-order valence-corrected chi connectivity index (χ3v) is 16.5. The van der Waals surface area contributed by atoms with Crippen molar-refractivity contribution in [1.29, 1.82) is 0 Å². The van der Waals surface area contributed by atoms with Crippen molar-refractivity contribution in [1.82, 2.24) is 57.5 Å². The van der Waals surface area contributed by atoms with Crippen LogP contribution in [-0.2, 0) is 95.2 Å². The van der Waals surface area contributed by atoms with Crippen molar-refractivity contribution >= 4 is 74.3 Å². The van der Waals surface area contributed by atoms with E-state index in [2.05, 4.69) is 52.8 Å². The fourth-order valence-corrected chi connectivity index (χ4v) is 12.0. The molecular weight excluding hydrogens is 1170 g/mol. The van der Waals surface area contributed by atoms with Gasteiger partial charge in [-0.25, -0.2) is 4.68 Å². The van der Waals surface area contributed by atoms with Gasteiger partial charge in [-0.15, -0.1) is 5.10 Å². The van der Waals surface area contributed by atoms with E-state index in [4.69, 9.17) is 11.5 Å². The molecule has 3 aromatic rings. The third kappa shape index (κ3) is 24.0. The number of rotatable bonds is 34. The Bertz CT molecular complexity index is 2990. The number of aryl methyl sites for hydroxylation is 1. The molecule has 1 heterocycles. The van der Waals surface area contributed by atoms with E-state index in [1.54, 1.807) is 24.3 Å². The molecule has 1 aromatic heterocycles. The first-order chi connectivity index (χ1) is 41.1. The number of carbonyl (C=O) groups excluding carboxylic acids is 10. The normalized spacial score (nSPS) is 16.1. The Balaban J connectivity index is 1.22. The fourth-order valence-electron chi connectivity index (χ4n) is 10.6. The summed E-state index contributed by atoms with van der Waals surface area (Å²) in [5, 5.41) is 29.9. The Hall–Kier alpha value is -7.42. The van der Waals surface area contributed by atoms with Crippen LogP contribution in [0.25, 0.3) is 0 Å². The van der Waals surface area contributed by atoms with Gasteiger partial charge in [0.05, 0.1) is 30.9 Å². The van der Waals surface area contributed by atoms with Gasteiger partial charge >= 0.3 is 15.2 Å². The predicted octanol–water partition coefficient (Wildman–Crippen LogP) is -0.178. The van der Waals surface area contributed by atoms with Crippen LogP contribution >= 0.6 is 15.2 Å². The number of hydrogen-bond donors (Lipinski definition) is 14. The maximum absolute atomic E-state index is 14.5. The zero-order chi connectivity index (χ0) is 64.0. The molecule has 5 rings (SSSR count). The largest absolute Gasteiger partial charge is 0.370 e. The minimum absolute atomic E-state index is 0.00646. The highest BCUT2D eigenvalue weighted by Crippen LogP contribution is 2.40. The van der Waals surface area contributed by atoms with Gasteiger partial charge in [-0.1, -0.05) is 112 Å². The molecule has 478 valence electrons. The maximum atomic E-state index is 14.5. The SMILES string of the molecule is CCCCCNC(=O)[C@H](CC(N)=O)NC(=O)C1(NC(=O)[C@H](Cc2ccc(CP(=O)(O)O)cc2)NC(=O)Cn2cc(CCCNC(=O)[C@H](CC(N)=O)NC(=O)C3(NC(=O)[C@H](Cc4ccc(CP(=O)(O)O)cc4)NC(C)=O)CCCCC3)nn2)CCCCC1. The lowest BCUT2D eigenvalue weighted by atomic mass is 9.80. The molecule has 0 saturated heterocycles. The van der Waals surface area contributed by atoms with Crippen molar-refractivity contribution in [3.63, 3.8) is 0 Å². The van der Waals surface area contributed by atoms with Gasteiger partial charge in [-0.05, 0) is 67.2 Å². The molecule has 0 bridgehead atoms. The number of nitrogens with two attached hydrogens (primary N) is 2. The fraction of sp³-hybridized carbons (Fsp3) is 0.571. The topological polar surface area (TPSA) is 465 Å². The van der Waals surface area contributed by atoms with Crippen LogP contribution in [0.5, 0.6) is 0 Å². The summed E-state index contributed by atoms with van der Waals surface area (Å²) >= 11 is 0. The van der Waals surface area contributed by atoms with Crippen molar-refractivity contribution in [2.24, 2.45) is 11.5 Å². The Labute approximate surface area is 503 Å². The molecule has 16 N–H and O–H groups in total. The highest BCUT2D eigenvalue weighted by atomic mass is 31.2. The molecule has 31 heteroatoms. The lowest BCUT2D eigenvalue weighted by Gasteiger charge is -2.38. The van der Waals surface area contributed by atoms with Crippen molar-refractivity contribution in [2.75, 3.05) is 13.1 Å². The van der Waals surface area contributed by atoms with Gasteiger partial charge in [-0.3, -0.25) is 57.1 Å². The van der Waals surface area contributed by atoms with Crippen molar-refractivity contribution < 1.29 is 76.6 Å². The molecule has 10 amide bonds. The van der Waals surface area contributed by atoms with Crippen LogP contribution in [0.15, 0.2) is 54.7 Å². The first-order valence-electron chi connectivity index (χ1n) is 29.1. The van der Waals surface area contributed by atoms with Gasteiger partial charge in [0.1, 0.15) is 41.8 Å². The van der Waals surface area contributed by atoms with E-state index >= 15 is 0 Å². The lowest BCUT2D eigenvalue weighted by molar-refractivity contribution is -0.139. The summed E-state index contributed by atoms with van der Waals surface area (Å²) in [5.74, 6) is -7.26. The minimum atomic E-state index is -4.41. The van der Waals surface area contributed by atoms with E-state index in [-0.39, 0.29) is 57.9 Å². The zero-order valence-corrected chi connectivity index (χ0v) is 50.8. The number of nitrogens with zero attached hydrogens (tertiary/aromatic N) is 3. The van der Waals surface area contributed by atoms with Crippen molar-refractivity contribution in [2.45, 2.75) is 190 Å². The van der Waals surface area contributed by atoms with E-state index in [1.807, 2.05) is 6.92 Å². The number of amides is 10. The number of carbonyl (C=O) groups is 10. The Morgan fingerprint density at radius 1 is 0.563 bits per heavy atom. The summed E-state index contributed by atoms with van der Waals surface area (Å²) in [6.45, 7) is 3.08. The van der Waals surface area contributed by atoms with Crippen LogP contribution in [0.3, 0.4) is 0 Å². The van der Waals surface area contributed by atoms with E-state index in [0.717, 1.165) is 25.7 Å². The minimum Gasteiger partial charge on any atom is -0.370 e. The van der Waals surface area contributed by atoms with E-state index in [1.165, 1.54) is 42.1 Å². The Morgan fingerprint density at radius 3 is 1.38 bits per heavy atom. The quantitative estimate of drug-likeness (QED) is 0.0272. The van der Waals surface area contributed by atoms with Gasteiger partial charge in [0, 0.05) is 39.1 Å². The molecule has 0 spiro atoms. The summed E-state index contributed by atoms with van der Waals surface area (Å²) in [7, 11) is -8.76. The summed E-state index contributed by atoms with van der Waals surface area (Å²) in [6.07, 6.45) is 6.31. The van der Waals surface area contributed by atoms with Crippen molar-refractivity contribution in [3.05, 3.63) is 82.7 Å². The van der Waals surface area contributed by atoms with Gasteiger partial charge in [0.15, 0.2) is 0 Å². The second-order valence-corrected chi connectivity index (χ2v) is 25.8. The zero-order valence-electron chi connectivity index (χ0n) is 49.1. The van der Waals surface area contributed by atoms with E-state index < -0.39 is 141 Å². The number of hydrogen-bond acceptors (Lipinski definition) is 14. The van der Waals surface area contributed by atoms with Crippen LogP contribution in [-0.4, -0.2) is 142 Å². The van der Waals surface area contributed by atoms with Crippen LogP contribution in [0.4, 0.5) is 0 Å². The van der Waals surface area contributed by atoms with Crippen LogP contribution in [0, 0.1) is 0 Å². The number of nitrogens with one attached hydrogen (secondary N) is 8. The predicted molar refractivity (Wildman–Crippen MR) is 315 cm³/mol. The maximum Gasteiger partial charge on any atom is 0.329 e. The first kappa shape index (κ1) is 70.3. The molecule has 2 aliphatic rings. The molecule has 4 atom stereocenters. The number of benzene rings is 2. The average Bonchev–Trinajstić information content (AvgIpc) is 3.40. The molecule has 87 heavy (non-hydrogen) atoms. The van der Waals surface area contributed by atoms with Crippen molar-refractivity contribution in [3.8, 4) is 0 Å². The summed E-state index contributed by atoms with van der Waals surface area (Å²) in [5.41, 5.74) is 10.0. The molecular formula is C56H83N13O16P2. The van der Waals surface area contributed by atoms with Gasteiger partial charge < -0.3 is 73.6 Å². The molecule has 2 aliphatic carbocycles. The number of aromatic nitrogens is 3. The first-order valence-corrected chi connectivity index (χ1v) is 32.7. The number of primary amides is 2. The summed E-state index contributed by atoms with van der Waals surface area (Å²) < 4.78 is 24.4. The second kappa shape index (κ2) is 33.1. The van der Waals surface area contributed by atoms with Crippen LogP contribution in [0.2, 0.25) is 0 Å². The molecule has 0 unspecified atom stereocenters. The van der Waals surface area contributed by atoms with Gasteiger partial charge in [0.2, 0.25) is 59.1 Å². The molecule has 2 aromatic carbocycles. The molecule has 29 nitrogen and oxygen atoms in total. The van der Waals surface area contributed by atoms with Crippen LogP contribution in [0.1, 0.15) is 145 Å². The molecule has 0 aliphatic heterocycles. The Kier molecular flexibility index (Phi) is 26.7. The highest BCUT2D eigenvalue weighted by Gasteiger charge is 2.45.